The highest BCUT2D eigenvalue weighted by atomic mass is 16.2. The van der Waals surface area contributed by atoms with E-state index in [1.807, 2.05) is 0 Å². The number of rotatable bonds is 2. The highest BCUT2D eigenvalue weighted by Gasteiger charge is 2.37. The van der Waals surface area contributed by atoms with Gasteiger partial charge in [0.25, 0.3) is 0 Å². The fourth-order valence-electron chi connectivity index (χ4n) is 3.35. The van der Waals surface area contributed by atoms with Crippen LogP contribution >= 0.6 is 0 Å². The Hall–Kier alpha value is -0.570. The average molecular weight is 238 g/mol. The van der Waals surface area contributed by atoms with Crippen LogP contribution in [0.5, 0.6) is 0 Å². The molecule has 2 saturated heterocycles. The number of hydrogen-bond donors (Lipinski definition) is 1. The molecule has 0 radical (unpaired) electrons. The van der Waals surface area contributed by atoms with Crippen LogP contribution in [0.25, 0.3) is 0 Å². The van der Waals surface area contributed by atoms with Crippen molar-refractivity contribution in [2.75, 3.05) is 6.54 Å². The van der Waals surface area contributed by atoms with Gasteiger partial charge in [-0.1, -0.05) is 13.8 Å². The Balaban J connectivity index is 2.02. The number of hydrogen-bond acceptors (Lipinski definition) is 2. The normalized spacial score (nSPS) is 38.4. The SMILES string of the molecule is CCC1CCC(C)N1C(=O)C1CC(C)CCN1. The topological polar surface area (TPSA) is 32.3 Å². The zero-order chi connectivity index (χ0) is 12.4. The van der Waals surface area contributed by atoms with E-state index in [9.17, 15) is 4.79 Å². The van der Waals surface area contributed by atoms with Crippen LogP contribution in [0.1, 0.15) is 52.9 Å². The molecule has 0 aliphatic carbocycles. The lowest BCUT2D eigenvalue weighted by molar-refractivity contribution is -0.137. The van der Waals surface area contributed by atoms with Crippen LogP contribution < -0.4 is 5.32 Å². The van der Waals surface area contributed by atoms with Crippen molar-refractivity contribution in [1.29, 1.82) is 0 Å². The van der Waals surface area contributed by atoms with Crippen molar-refractivity contribution in [3.8, 4) is 0 Å². The Kier molecular flexibility index (Phi) is 4.08. The van der Waals surface area contributed by atoms with Gasteiger partial charge in [-0.3, -0.25) is 4.79 Å². The highest BCUT2D eigenvalue weighted by Crippen LogP contribution is 2.28. The van der Waals surface area contributed by atoms with Gasteiger partial charge in [0.1, 0.15) is 0 Å². The molecule has 2 rings (SSSR count). The van der Waals surface area contributed by atoms with E-state index in [0.717, 1.165) is 19.4 Å². The molecule has 0 aromatic rings. The Morgan fingerprint density at radius 1 is 1.29 bits per heavy atom. The smallest absolute Gasteiger partial charge is 0.240 e. The minimum atomic E-state index is 0.0772. The molecule has 0 aromatic carbocycles. The molecule has 3 heteroatoms. The van der Waals surface area contributed by atoms with E-state index >= 15 is 0 Å². The fraction of sp³-hybridized carbons (Fsp3) is 0.929. The minimum absolute atomic E-state index is 0.0772. The molecular formula is C14H26N2O. The van der Waals surface area contributed by atoms with Gasteiger partial charge in [-0.05, 0) is 51.5 Å². The fourth-order valence-corrected chi connectivity index (χ4v) is 3.35. The zero-order valence-corrected chi connectivity index (χ0v) is 11.4. The Bertz CT molecular complexity index is 279. The van der Waals surface area contributed by atoms with Crippen LogP contribution in [0.2, 0.25) is 0 Å². The summed E-state index contributed by atoms with van der Waals surface area (Å²) in [7, 11) is 0. The van der Waals surface area contributed by atoms with Crippen molar-refractivity contribution < 1.29 is 4.79 Å². The quantitative estimate of drug-likeness (QED) is 0.799. The van der Waals surface area contributed by atoms with Crippen LogP contribution in [0.15, 0.2) is 0 Å². The van der Waals surface area contributed by atoms with E-state index in [2.05, 4.69) is 31.0 Å². The number of nitrogens with one attached hydrogen (secondary N) is 1. The molecule has 2 heterocycles. The summed E-state index contributed by atoms with van der Waals surface area (Å²) in [5, 5.41) is 3.40. The van der Waals surface area contributed by atoms with Crippen molar-refractivity contribution in [1.82, 2.24) is 10.2 Å². The third kappa shape index (κ3) is 2.65. The predicted molar refractivity (Wildman–Crippen MR) is 69.8 cm³/mol. The van der Waals surface area contributed by atoms with Gasteiger partial charge in [0.15, 0.2) is 0 Å². The van der Waals surface area contributed by atoms with Crippen molar-refractivity contribution >= 4 is 5.91 Å². The molecule has 1 N–H and O–H groups in total. The molecule has 2 aliphatic heterocycles. The van der Waals surface area contributed by atoms with Crippen LogP contribution in [0, 0.1) is 5.92 Å². The van der Waals surface area contributed by atoms with Gasteiger partial charge < -0.3 is 10.2 Å². The average Bonchev–Trinajstić information content (AvgIpc) is 2.69. The number of piperidine rings is 1. The molecule has 2 fully saturated rings. The van der Waals surface area contributed by atoms with Crippen LogP contribution in [0.3, 0.4) is 0 Å². The van der Waals surface area contributed by atoms with Gasteiger partial charge in [0.2, 0.25) is 5.91 Å². The van der Waals surface area contributed by atoms with Crippen molar-refractivity contribution in [2.45, 2.75) is 71.0 Å². The van der Waals surface area contributed by atoms with Crippen molar-refractivity contribution in [3.63, 3.8) is 0 Å². The lowest BCUT2D eigenvalue weighted by Gasteiger charge is -2.35. The van der Waals surface area contributed by atoms with E-state index in [4.69, 9.17) is 0 Å². The molecule has 2 aliphatic rings. The number of carbonyl (C=O) groups excluding carboxylic acids is 1. The Morgan fingerprint density at radius 2 is 2.06 bits per heavy atom. The largest absolute Gasteiger partial charge is 0.336 e. The lowest BCUT2D eigenvalue weighted by Crippen LogP contribution is -2.53. The molecular weight excluding hydrogens is 212 g/mol. The summed E-state index contributed by atoms with van der Waals surface area (Å²) in [5.41, 5.74) is 0. The van der Waals surface area contributed by atoms with Gasteiger partial charge in [-0.25, -0.2) is 0 Å². The maximum absolute atomic E-state index is 12.6. The Morgan fingerprint density at radius 3 is 2.71 bits per heavy atom. The summed E-state index contributed by atoms with van der Waals surface area (Å²) in [6.45, 7) is 7.64. The Labute approximate surface area is 105 Å². The van der Waals surface area contributed by atoms with Crippen LogP contribution in [-0.4, -0.2) is 35.5 Å². The summed E-state index contributed by atoms with van der Waals surface area (Å²) < 4.78 is 0. The lowest BCUT2D eigenvalue weighted by atomic mass is 9.93. The molecule has 0 bridgehead atoms. The molecule has 0 saturated carbocycles. The predicted octanol–water partition coefficient (Wildman–Crippen LogP) is 2.16. The maximum Gasteiger partial charge on any atom is 0.240 e. The van der Waals surface area contributed by atoms with Gasteiger partial charge in [0.05, 0.1) is 6.04 Å². The van der Waals surface area contributed by atoms with Gasteiger partial charge in [-0.15, -0.1) is 0 Å². The van der Waals surface area contributed by atoms with E-state index in [-0.39, 0.29) is 6.04 Å². The molecule has 4 unspecified atom stereocenters. The second kappa shape index (κ2) is 5.38. The summed E-state index contributed by atoms with van der Waals surface area (Å²) in [6.07, 6.45) is 5.67. The summed E-state index contributed by atoms with van der Waals surface area (Å²) in [5.74, 6) is 1.04. The van der Waals surface area contributed by atoms with Crippen LogP contribution in [0.4, 0.5) is 0 Å². The van der Waals surface area contributed by atoms with E-state index < -0.39 is 0 Å². The van der Waals surface area contributed by atoms with Crippen molar-refractivity contribution in [3.05, 3.63) is 0 Å². The highest BCUT2D eigenvalue weighted by molar-refractivity contribution is 5.83. The first-order chi connectivity index (χ1) is 8.13. The van der Waals surface area contributed by atoms with E-state index in [1.54, 1.807) is 0 Å². The number of amides is 1. The third-order valence-electron chi connectivity index (χ3n) is 4.48. The van der Waals surface area contributed by atoms with Gasteiger partial charge in [-0.2, -0.15) is 0 Å². The van der Waals surface area contributed by atoms with Crippen LogP contribution in [-0.2, 0) is 4.79 Å². The summed E-state index contributed by atoms with van der Waals surface area (Å²) >= 11 is 0. The standard InChI is InChI=1S/C14H26N2O/c1-4-12-6-5-11(3)16(12)14(17)13-9-10(2)7-8-15-13/h10-13,15H,4-9H2,1-3H3. The second-order valence-corrected chi connectivity index (χ2v) is 5.87. The maximum atomic E-state index is 12.6. The first kappa shape index (κ1) is 12.9. The first-order valence-corrected chi connectivity index (χ1v) is 7.19. The molecule has 0 spiro atoms. The number of nitrogens with zero attached hydrogens (tertiary/aromatic N) is 1. The molecule has 0 aromatic heterocycles. The molecule has 3 nitrogen and oxygen atoms in total. The monoisotopic (exact) mass is 238 g/mol. The molecule has 1 amide bonds. The van der Waals surface area contributed by atoms with E-state index in [0.29, 0.717) is 23.9 Å². The number of likely N-dealkylation sites (tertiary alicyclic amines) is 1. The minimum Gasteiger partial charge on any atom is -0.336 e. The van der Waals surface area contributed by atoms with Crippen molar-refractivity contribution in [2.24, 2.45) is 5.92 Å². The first-order valence-electron chi connectivity index (χ1n) is 7.19. The summed E-state index contributed by atoms with van der Waals surface area (Å²) in [6, 6.07) is 0.997. The molecule has 4 atom stereocenters. The zero-order valence-electron chi connectivity index (χ0n) is 11.4. The van der Waals surface area contributed by atoms with E-state index in [1.165, 1.54) is 19.3 Å². The van der Waals surface area contributed by atoms with Gasteiger partial charge in [0, 0.05) is 12.1 Å². The molecule has 98 valence electrons. The molecule has 17 heavy (non-hydrogen) atoms. The number of carbonyl (C=O) groups is 1. The second-order valence-electron chi connectivity index (χ2n) is 5.87. The summed E-state index contributed by atoms with van der Waals surface area (Å²) in [4.78, 5) is 14.8. The third-order valence-corrected chi connectivity index (χ3v) is 4.48. The van der Waals surface area contributed by atoms with Gasteiger partial charge >= 0.3 is 0 Å².